The van der Waals surface area contributed by atoms with Crippen LogP contribution in [0.4, 0.5) is 0 Å². The molecule has 2 aliphatic heterocycles. The predicted molar refractivity (Wildman–Crippen MR) is 62.2 cm³/mol. The highest BCUT2D eigenvalue weighted by atomic mass is 16.5. The van der Waals surface area contributed by atoms with Gasteiger partial charge in [-0.1, -0.05) is 6.07 Å². The minimum atomic E-state index is 0.0410. The molecule has 1 spiro atoms. The van der Waals surface area contributed by atoms with Gasteiger partial charge >= 0.3 is 0 Å². The van der Waals surface area contributed by atoms with Gasteiger partial charge in [-0.3, -0.25) is 0 Å². The van der Waals surface area contributed by atoms with Gasteiger partial charge in [0.05, 0.1) is 7.11 Å². The van der Waals surface area contributed by atoms with Crippen LogP contribution in [0.25, 0.3) is 0 Å². The summed E-state index contributed by atoms with van der Waals surface area (Å²) in [5, 5.41) is 3.39. The number of aryl methyl sites for hydroxylation is 1. The molecule has 3 nitrogen and oxygen atoms in total. The quantitative estimate of drug-likeness (QED) is 0.780. The smallest absolute Gasteiger partial charge is 0.127 e. The fourth-order valence-electron chi connectivity index (χ4n) is 2.63. The third-order valence-corrected chi connectivity index (χ3v) is 3.66. The molecular formula is C13H17NO2. The molecule has 0 radical (unpaired) electrons. The van der Waals surface area contributed by atoms with E-state index in [4.69, 9.17) is 9.47 Å². The summed E-state index contributed by atoms with van der Waals surface area (Å²) in [5.41, 5.74) is 1.35. The fraction of sp³-hybridized carbons (Fsp3) is 0.538. The number of rotatable bonds is 1. The zero-order valence-electron chi connectivity index (χ0n) is 9.58. The molecule has 2 heterocycles. The Morgan fingerprint density at radius 2 is 2.31 bits per heavy atom. The number of hydrogen-bond donors (Lipinski definition) is 1. The van der Waals surface area contributed by atoms with E-state index in [1.54, 1.807) is 7.11 Å². The number of nitrogens with one attached hydrogen (secondary N) is 1. The summed E-state index contributed by atoms with van der Waals surface area (Å²) in [5.74, 6) is 1.89. The van der Waals surface area contributed by atoms with Gasteiger partial charge in [0.25, 0.3) is 0 Å². The van der Waals surface area contributed by atoms with E-state index in [0.29, 0.717) is 0 Å². The third kappa shape index (κ3) is 1.55. The predicted octanol–water partition coefficient (Wildman–Crippen LogP) is 1.75. The summed E-state index contributed by atoms with van der Waals surface area (Å²) in [6.45, 7) is 2.04. The van der Waals surface area contributed by atoms with Gasteiger partial charge in [-0.15, -0.1) is 0 Å². The van der Waals surface area contributed by atoms with Gasteiger partial charge in [0.1, 0.15) is 17.1 Å². The molecule has 1 aromatic rings. The van der Waals surface area contributed by atoms with Crippen molar-refractivity contribution in [3.05, 3.63) is 23.8 Å². The largest absolute Gasteiger partial charge is 0.497 e. The first kappa shape index (κ1) is 9.97. The molecule has 16 heavy (non-hydrogen) atoms. The van der Waals surface area contributed by atoms with Crippen LogP contribution in [0.2, 0.25) is 0 Å². The van der Waals surface area contributed by atoms with Crippen LogP contribution in [-0.2, 0) is 6.42 Å². The standard InChI is InChI=1S/C13H17NO2/c1-15-11-3-2-10-4-5-13(6-7-14-9-13)16-12(10)8-11/h2-3,8,14H,4-7,9H2,1H3/t13-/m0/s1. The van der Waals surface area contributed by atoms with Gasteiger partial charge in [0.2, 0.25) is 0 Å². The maximum absolute atomic E-state index is 6.18. The van der Waals surface area contributed by atoms with E-state index in [0.717, 1.165) is 43.9 Å². The Labute approximate surface area is 95.8 Å². The van der Waals surface area contributed by atoms with Crippen LogP contribution in [0.1, 0.15) is 18.4 Å². The van der Waals surface area contributed by atoms with Crippen molar-refractivity contribution in [2.75, 3.05) is 20.2 Å². The molecule has 2 aliphatic rings. The van der Waals surface area contributed by atoms with E-state index < -0.39 is 0 Å². The summed E-state index contributed by atoms with van der Waals surface area (Å²) in [7, 11) is 1.69. The summed E-state index contributed by atoms with van der Waals surface area (Å²) in [6, 6.07) is 6.13. The zero-order chi connectivity index (χ0) is 11.0. The number of hydrogen-bond acceptors (Lipinski definition) is 3. The molecule has 3 heteroatoms. The van der Waals surface area contributed by atoms with Crippen LogP contribution in [0, 0.1) is 0 Å². The van der Waals surface area contributed by atoms with Crippen molar-refractivity contribution in [2.45, 2.75) is 24.9 Å². The SMILES string of the molecule is COc1ccc2c(c1)O[C@]1(CCNC1)CC2. The van der Waals surface area contributed by atoms with Crippen molar-refractivity contribution >= 4 is 0 Å². The van der Waals surface area contributed by atoms with Crippen molar-refractivity contribution in [2.24, 2.45) is 0 Å². The highest BCUT2D eigenvalue weighted by molar-refractivity contribution is 5.42. The topological polar surface area (TPSA) is 30.5 Å². The van der Waals surface area contributed by atoms with Crippen LogP contribution in [0.15, 0.2) is 18.2 Å². The Morgan fingerprint density at radius 1 is 1.38 bits per heavy atom. The van der Waals surface area contributed by atoms with E-state index in [1.807, 2.05) is 12.1 Å². The number of fused-ring (bicyclic) bond motifs is 1. The van der Waals surface area contributed by atoms with Gasteiger partial charge in [-0.05, 0) is 31.0 Å². The highest BCUT2D eigenvalue weighted by Gasteiger charge is 2.39. The molecule has 0 bridgehead atoms. The highest BCUT2D eigenvalue weighted by Crippen LogP contribution is 2.38. The van der Waals surface area contributed by atoms with Crippen molar-refractivity contribution in [3.63, 3.8) is 0 Å². The molecular weight excluding hydrogens is 202 g/mol. The molecule has 1 aromatic carbocycles. The van der Waals surface area contributed by atoms with Crippen LogP contribution in [-0.4, -0.2) is 25.8 Å². The summed E-state index contributed by atoms with van der Waals surface area (Å²) >= 11 is 0. The van der Waals surface area contributed by atoms with E-state index in [1.165, 1.54) is 5.56 Å². The first-order valence-corrected chi connectivity index (χ1v) is 5.88. The normalized spacial score (nSPS) is 27.6. The van der Waals surface area contributed by atoms with E-state index in [9.17, 15) is 0 Å². The Balaban J connectivity index is 1.91. The maximum atomic E-state index is 6.18. The lowest BCUT2D eigenvalue weighted by Crippen LogP contribution is -2.41. The van der Waals surface area contributed by atoms with Gasteiger partial charge in [-0.25, -0.2) is 0 Å². The van der Waals surface area contributed by atoms with Crippen LogP contribution in [0.3, 0.4) is 0 Å². The van der Waals surface area contributed by atoms with Crippen molar-refractivity contribution < 1.29 is 9.47 Å². The molecule has 1 fully saturated rings. The molecule has 1 saturated heterocycles. The third-order valence-electron chi connectivity index (χ3n) is 3.66. The lowest BCUT2D eigenvalue weighted by molar-refractivity contribution is 0.0661. The van der Waals surface area contributed by atoms with Crippen LogP contribution in [0.5, 0.6) is 11.5 Å². The van der Waals surface area contributed by atoms with Crippen LogP contribution < -0.4 is 14.8 Å². The first-order valence-electron chi connectivity index (χ1n) is 5.88. The Kier molecular flexibility index (Phi) is 2.28. The van der Waals surface area contributed by atoms with Crippen LogP contribution >= 0.6 is 0 Å². The molecule has 0 saturated carbocycles. The average molecular weight is 219 g/mol. The average Bonchev–Trinajstić information content (AvgIpc) is 2.76. The zero-order valence-corrected chi connectivity index (χ0v) is 9.58. The molecule has 0 aromatic heterocycles. The first-order chi connectivity index (χ1) is 7.81. The Morgan fingerprint density at radius 3 is 3.06 bits per heavy atom. The second-order valence-corrected chi connectivity index (χ2v) is 4.69. The van der Waals surface area contributed by atoms with Gasteiger partial charge in [0.15, 0.2) is 0 Å². The van der Waals surface area contributed by atoms with Crippen molar-refractivity contribution in [3.8, 4) is 11.5 Å². The van der Waals surface area contributed by atoms with E-state index >= 15 is 0 Å². The van der Waals surface area contributed by atoms with Gasteiger partial charge in [-0.2, -0.15) is 0 Å². The second kappa shape index (κ2) is 3.67. The fourth-order valence-corrected chi connectivity index (χ4v) is 2.63. The molecule has 0 amide bonds. The number of methoxy groups -OCH3 is 1. The number of benzene rings is 1. The number of ether oxygens (including phenoxy) is 2. The molecule has 1 N–H and O–H groups in total. The summed E-state index contributed by atoms with van der Waals surface area (Å²) in [4.78, 5) is 0. The van der Waals surface area contributed by atoms with Crippen molar-refractivity contribution in [1.82, 2.24) is 5.32 Å². The monoisotopic (exact) mass is 219 g/mol. The molecule has 0 aliphatic carbocycles. The maximum Gasteiger partial charge on any atom is 0.127 e. The molecule has 0 unspecified atom stereocenters. The summed E-state index contributed by atoms with van der Waals surface area (Å²) < 4.78 is 11.4. The van der Waals surface area contributed by atoms with Gasteiger partial charge < -0.3 is 14.8 Å². The van der Waals surface area contributed by atoms with E-state index in [2.05, 4.69) is 11.4 Å². The second-order valence-electron chi connectivity index (χ2n) is 4.69. The minimum Gasteiger partial charge on any atom is -0.497 e. The lowest BCUT2D eigenvalue weighted by atomic mass is 9.90. The Bertz CT molecular complexity index is 397. The summed E-state index contributed by atoms with van der Waals surface area (Å²) in [6.07, 6.45) is 3.35. The molecule has 86 valence electrons. The Hall–Kier alpha value is -1.22. The van der Waals surface area contributed by atoms with E-state index in [-0.39, 0.29) is 5.60 Å². The molecule has 3 rings (SSSR count). The van der Waals surface area contributed by atoms with Crippen molar-refractivity contribution in [1.29, 1.82) is 0 Å². The lowest BCUT2D eigenvalue weighted by Gasteiger charge is -2.35. The van der Waals surface area contributed by atoms with Gasteiger partial charge in [0, 0.05) is 19.0 Å². The minimum absolute atomic E-state index is 0.0410. The molecule has 1 atom stereocenters.